The maximum absolute atomic E-state index is 7.99. The molecule has 2 aliphatic carbocycles. The zero-order valence-electron chi connectivity index (χ0n) is 17.4. The summed E-state index contributed by atoms with van der Waals surface area (Å²) in [5.41, 5.74) is 7.35. The molecule has 0 aliphatic heterocycles. The van der Waals surface area contributed by atoms with Gasteiger partial charge in [-0.3, -0.25) is 0 Å². The Labute approximate surface area is 196 Å². The summed E-state index contributed by atoms with van der Waals surface area (Å²) in [5, 5.41) is 0.727. The van der Waals surface area contributed by atoms with Crippen LogP contribution < -0.4 is 0 Å². The third-order valence-electron chi connectivity index (χ3n) is 6.98. The molecule has 5 rings (SSSR count). The minimum absolute atomic E-state index is 0.00521. The molecule has 0 heterocycles. The molecule has 31 heavy (non-hydrogen) atoms. The second-order valence-electron chi connectivity index (χ2n) is 8.75. The van der Waals surface area contributed by atoms with Crippen molar-refractivity contribution in [2.24, 2.45) is 0 Å². The second kappa shape index (κ2) is 7.67. The standard InChI is InChI=1S/C13H9.C11H8Cl.C3H6.2ClH.Zr/c1-3-7-12-10(5-1)9-11-6-2-4-8-13(11)12;12-11-7-5-10(6-8-11)9-3-1-2-4-9;1-3-2;;;/h1-9H;1-8H;1-2H3;2*1H;/q;;;;;+2/p-2. The Bertz CT molecular complexity index is 1270. The fourth-order valence-electron chi connectivity index (χ4n) is 5.36. The minimum atomic E-state index is -4.75. The first kappa shape index (κ1) is 21.6. The summed E-state index contributed by atoms with van der Waals surface area (Å²) in [7, 11) is 16.0. The van der Waals surface area contributed by atoms with Crippen molar-refractivity contribution in [3.63, 3.8) is 0 Å². The third kappa shape index (κ3) is 3.16. The number of hydrogen-bond donors (Lipinski definition) is 0. The summed E-state index contributed by atoms with van der Waals surface area (Å²) in [6, 6.07) is 25.2. The van der Waals surface area contributed by atoms with Gasteiger partial charge in [0.1, 0.15) is 0 Å². The van der Waals surface area contributed by atoms with Gasteiger partial charge in [0.2, 0.25) is 0 Å². The van der Waals surface area contributed by atoms with Gasteiger partial charge in [-0.05, 0) is 0 Å². The summed E-state index contributed by atoms with van der Waals surface area (Å²) in [6.45, 7) is 4.28. The van der Waals surface area contributed by atoms with Crippen LogP contribution in [-0.4, -0.2) is 3.21 Å². The van der Waals surface area contributed by atoms with Gasteiger partial charge in [0, 0.05) is 0 Å². The van der Waals surface area contributed by atoms with Crippen LogP contribution in [0.15, 0.2) is 91.0 Å². The van der Waals surface area contributed by atoms with Gasteiger partial charge >= 0.3 is 198 Å². The van der Waals surface area contributed by atoms with Crippen LogP contribution in [-0.2, 0) is 15.9 Å². The molecule has 1 unspecified atom stereocenters. The Morgan fingerprint density at radius 2 is 1.32 bits per heavy atom. The van der Waals surface area contributed by atoms with Gasteiger partial charge < -0.3 is 0 Å². The Morgan fingerprint density at radius 3 is 1.87 bits per heavy atom. The average molecular weight is 545 g/mol. The monoisotopic (exact) mass is 542 g/mol. The quantitative estimate of drug-likeness (QED) is 0.308. The molecular formula is C27H23Cl3Zr. The van der Waals surface area contributed by atoms with E-state index in [2.05, 4.69) is 92.7 Å². The van der Waals surface area contributed by atoms with Gasteiger partial charge in [-0.1, -0.05) is 0 Å². The van der Waals surface area contributed by atoms with E-state index < -0.39 is 15.9 Å². The van der Waals surface area contributed by atoms with E-state index in [4.69, 9.17) is 28.6 Å². The maximum atomic E-state index is 7.99. The molecule has 0 aromatic heterocycles. The predicted molar refractivity (Wildman–Crippen MR) is 134 cm³/mol. The molecule has 2 aliphatic rings. The molecule has 0 amide bonds. The molecule has 0 N–H and O–H groups in total. The topological polar surface area (TPSA) is 0 Å². The van der Waals surface area contributed by atoms with Gasteiger partial charge in [-0.2, -0.15) is 0 Å². The fourth-order valence-corrected chi connectivity index (χ4v) is 21.6. The molecule has 0 saturated heterocycles. The van der Waals surface area contributed by atoms with Crippen LogP contribution >= 0.6 is 28.6 Å². The molecule has 0 saturated carbocycles. The van der Waals surface area contributed by atoms with Crippen molar-refractivity contribution in [3.05, 3.63) is 113 Å². The third-order valence-corrected chi connectivity index (χ3v) is 29.9. The van der Waals surface area contributed by atoms with Crippen LogP contribution in [0.4, 0.5) is 0 Å². The van der Waals surface area contributed by atoms with E-state index in [0.29, 0.717) is 0 Å². The van der Waals surface area contributed by atoms with Crippen LogP contribution in [0.1, 0.15) is 34.2 Å². The fraction of sp³-hybridized carbons (Fsp3) is 0.148. The van der Waals surface area contributed by atoms with Crippen LogP contribution in [0, 0.1) is 0 Å². The number of fused-ring (bicyclic) bond motifs is 3. The van der Waals surface area contributed by atoms with E-state index in [-0.39, 0.29) is 7.25 Å². The van der Waals surface area contributed by atoms with E-state index in [0.717, 1.165) is 10.6 Å². The van der Waals surface area contributed by atoms with Gasteiger partial charge in [0.15, 0.2) is 0 Å². The van der Waals surface area contributed by atoms with E-state index in [1.807, 2.05) is 12.1 Å². The predicted octanol–water partition coefficient (Wildman–Crippen LogP) is 9.06. The van der Waals surface area contributed by atoms with Gasteiger partial charge in [-0.15, -0.1) is 0 Å². The Morgan fingerprint density at radius 1 is 0.774 bits per heavy atom. The van der Waals surface area contributed by atoms with E-state index >= 15 is 0 Å². The van der Waals surface area contributed by atoms with Crippen molar-refractivity contribution in [3.8, 4) is 11.1 Å². The van der Waals surface area contributed by atoms with Gasteiger partial charge in [-0.25, -0.2) is 0 Å². The van der Waals surface area contributed by atoms with E-state index in [9.17, 15) is 0 Å². The Hall–Kier alpha value is -1.24. The molecule has 156 valence electrons. The normalized spacial score (nSPS) is 18.0. The summed E-state index contributed by atoms with van der Waals surface area (Å²) in [6.07, 6.45) is 6.51. The van der Waals surface area contributed by atoms with Crippen molar-refractivity contribution >= 4 is 37.4 Å². The zero-order chi connectivity index (χ0) is 21.8. The molecule has 0 bridgehead atoms. The van der Waals surface area contributed by atoms with Crippen molar-refractivity contribution in [1.29, 1.82) is 0 Å². The van der Waals surface area contributed by atoms with Crippen molar-refractivity contribution in [2.75, 3.05) is 0 Å². The second-order valence-corrected chi connectivity index (χ2v) is 31.0. The first-order chi connectivity index (χ1) is 14.8. The molecule has 3 aromatic rings. The van der Waals surface area contributed by atoms with Crippen molar-refractivity contribution in [1.82, 2.24) is 0 Å². The molecule has 4 heteroatoms. The van der Waals surface area contributed by atoms with Crippen LogP contribution in [0.2, 0.25) is 8.65 Å². The summed E-state index contributed by atoms with van der Waals surface area (Å²) >= 11 is 1.41. The number of halogens is 3. The van der Waals surface area contributed by atoms with E-state index in [1.165, 1.54) is 31.0 Å². The number of benzene rings is 3. The first-order valence-electron chi connectivity index (χ1n) is 10.5. The Kier molecular flexibility index (Phi) is 5.34. The van der Waals surface area contributed by atoms with Crippen LogP contribution in [0.5, 0.6) is 0 Å². The average Bonchev–Trinajstić information content (AvgIpc) is 3.38. The zero-order valence-corrected chi connectivity index (χ0v) is 22.2. The summed E-state index contributed by atoms with van der Waals surface area (Å²) < 4.78 is 1.17. The van der Waals surface area contributed by atoms with Crippen molar-refractivity contribution < 1.29 is 15.9 Å². The Balaban J connectivity index is 1.78. The summed E-state index contributed by atoms with van der Waals surface area (Å²) in [5.74, 6) is 0. The van der Waals surface area contributed by atoms with Gasteiger partial charge in [0.05, 0.1) is 0 Å². The number of rotatable bonds is 3. The molecular weight excluding hydrogens is 522 g/mol. The first-order valence-corrected chi connectivity index (χ1v) is 21.3. The van der Waals surface area contributed by atoms with Crippen LogP contribution in [0.3, 0.4) is 0 Å². The molecule has 0 radical (unpaired) electrons. The molecule has 1 atom stereocenters. The van der Waals surface area contributed by atoms with Crippen LogP contribution in [0.25, 0.3) is 16.7 Å². The number of hydrogen-bond acceptors (Lipinski definition) is 0. The van der Waals surface area contributed by atoms with E-state index in [1.54, 1.807) is 0 Å². The molecule has 0 spiro atoms. The van der Waals surface area contributed by atoms with Gasteiger partial charge in [0.25, 0.3) is 0 Å². The molecule has 0 nitrogen and oxygen atoms in total. The molecule has 3 aromatic carbocycles. The summed E-state index contributed by atoms with van der Waals surface area (Å²) in [4.78, 5) is 0. The number of allylic oxidation sites excluding steroid dienone is 4. The molecule has 0 fully saturated rings. The SMILES string of the molecule is C[C](C)=[Zr]([Cl])([Cl])([CH]1C=CC=C1c1ccc(Cl)cc1)[CH]1c2ccccc2-c2ccccc21. The van der Waals surface area contributed by atoms with Crippen molar-refractivity contribution in [2.45, 2.75) is 21.1 Å².